The molecule has 0 unspecified atom stereocenters. The van der Waals surface area contributed by atoms with Crippen LogP contribution in [0.2, 0.25) is 0 Å². The molecule has 1 nitrogen and oxygen atoms in total. The Morgan fingerprint density at radius 3 is 2.92 bits per heavy atom. The molecule has 1 rings (SSSR count). The number of nitrogens with zero attached hydrogens (tertiary/aromatic N) is 1. The number of likely N-dealkylation sites (N-methyl/N-ethyl adjacent to an activating group) is 1. The van der Waals surface area contributed by atoms with Crippen molar-refractivity contribution in [3.05, 3.63) is 41.8 Å². The summed E-state index contributed by atoms with van der Waals surface area (Å²) in [5.74, 6) is 0. The van der Waals surface area contributed by atoms with Crippen molar-refractivity contribution in [1.29, 1.82) is 0 Å². The summed E-state index contributed by atoms with van der Waals surface area (Å²) in [6.07, 6.45) is 7.06. The molecule has 0 saturated heterocycles. The molecule has 0 amide bonds. The Bertz CT molecular complexity index is 277. The summed E-state index contributed by atoms with van der Waals surface area (Å²) >= 11 is 0. The van der Waals surface area contributed by atoms with Gasteiger partial charge in [-0.1, -0.05) is 12.7 Å². The van der Waals surface area contributed by atoms with Crippen molar-refractivity contribution >= 4 is 0 Å². The van der Waals surface area contributed by atoms with E-state index in [0.717, 1.165) is 19.5 Å². The topological polar surface area (TPSA) is 3.24 Å². The monoisotopic (exact) mass is 175 g/mol. The van der Waals surface area contributed by atoms with Gasteiger partial charge in [-0.3, -0.25) is 0 Å². The van der Waals surface area contributed by atoms with Crippen LogP contribution < -0.4 is 0 Å². The van der Waals surface area contributed by atoms with Crippen molar-refractivity contribution in [2.24, 2.45) is 0 Å². The van der Waals surface area contributed by atoms with Crippen LogP contribution in [0.3, 0.4) is 0 Å². The molecule has 0 aliphatic carbocycles. The molecule has 1 aliphatic heterocycles. The molecule has 0 aromatic carbocycles. The van der Waals surface area contributed by atoms with Crippen molar-refractivity contribution in [3.63, 3.8) is 0 Å². The van der Waals surface area contributed by atoms with E-state index in [4.69, 9.17) is 0 Å². The maximum absolute atomic E-state index is 3.83. The Balaban J connectivity index is 2.95. The van der Waals surface area contributed by atoms with Crippen LogP contribution in [0, 0.1) is 0 Å². The molecule has 0 radical (unpaired) electrons. The maximum Gasteiger partial charge on any atom is 0.0477 e. The Hall–Kier alpha value is -1.20. The van der Waals surface area contributed by atoms with E-state index < -0.39 is 0 Å². The largest absolute Gasteiger partial charge is 0.371 e. The molecule has 0 spiro atoms. The van der Waals surface area contributed by atoms with Crippen LogP contribution in [-0.2, 0) is 0 Å². The van der Waals surface area contributed by atoms with E-state index in [1.54, 1.807) is 0 Å². The summed E-state index contributed by atoms with van der Waals surface area (Å²) in [7, 11) is 0. The summed E-state index contributed by atoms with van der Waals surface area (Å²) in [6, 6.07) is 0. The first-order valence-corrected chi connectivity index (χ1v) is 4.81. The minimum atomic E-state index is 1.06. The zero-order valence-corrected chi connectivity index (χ0v) is 8.51. The van der Waals surface area contributed by atoms with Crippen LogP contribution in [-0.4, -0.2) is 18.0 Å². The smallest absolute Gasteiger partial charge is 0.0477 e. The van der Waals surface area contributed by atoms with E-state index in [-0.39, 0.29) is 0 Å². The molecular formula is C12H17N. The standard InChI is InChI=1S/C12H17N/c1-4-7-8-12-11(5-2)9-10-13(12)6-3/h4-5,8H,2,6,9-10H2,1,3H3. The fourth-order valence-corrected chi connectivity index (χ4v) is 1.59. The van der Waals surface area contributed by atoms with E-state index >= 15 is 0 Å². The summed E-state index contributed by atoms with van der Waals surface area (Å²) in [5, 5.41) is 0. The molecule has 70 valence electrons. The predicted molar refractivity (Wildman–Crippen MR) is 57.4 cm³/mol. The molecule has 0 bridgehead atoms. The van der Waals surface area contributed by atoms with Gasteiger partial charge < -0.3 is 4.90 Å². The second-order valence-electron chi connectivity index (χ2n) is 3.04. The van der Waals surface area contributed by atoms with Crippen LogP contribution in [0.4, 0.5) is 0 Å². The number of rotatable bonds is 3. The SMILES string of the molecule is C=CC1=C(C=C=CC)N(CC)CC1. The van der Waals surface area contributed by atoms with Gasteiger partial charge in [0.25, 0.3) is 0 Å². The van der Waals surface area contributed by atoms with Crippen LogP contribution >= 0.6 is 0 Å². The van der Waals surface area contributed by atoms with Crippen molar-refractivity contribution in [1.82, 2.24) is 4.90 Å². The highest BCUT2D eigenvalue weighted by molar-refractivity contribution is 5.34. The Kier molecular flexibility index (Phi) is 3.60. The van der Waals surface area contributed by atoms with Crippen LogP contribution in [0.25, 0.3) is 0 Å². The van der Waals surface area contributed by atoms with Gasteiger partial charge in [0, 0.05) is 24.9 Å². The van der Waals surface area contributed by atoms with Gasteiger partial charge in [-0.05, 0) is 31.9 Å². The molecule has 1 aliphatic rings. The van der Waals surface area contributed by atoms with Crippen LogP contribution in [0.1, 0.15) is 20.3 Å². The quantitative estimate of drug-likeness (QED) is 0.596. The highest BCUT2D eigenvalue weighted by Gasteiger charge is 2.16. The van der Waals surface area contributed by atoms with Crippen LogP contribution in [0.15, 0.2) is 41.8 Å². The molecule has 0 saturated carbocycles. The lowest BCUT2D eigenvalue weighted by atomic mass is 10.2. The van der Waals surface area contributed by atoms with E-state index in [2.05, 4.69) is 24.1 Å². The molecule has 0 aromatic rings. The second kappa shape index (κ2) is 4.74. The van der Waals surface area contributed by atoms with Crippen molar-refractivity contribution < 1.29 is 0 Å². The number of allylic oxidation sites excluding steroid dienone is 2. The van der Waals surface area contributed by atoms with Gasteiger partial charge in [0.2, 0.25) is 0 Å². The molecule has 1 heterocycles. The van der Waals surface area contributed by atoms with E-state index in [1.165, 1.54) is 11.3 Å². The van der Waals surface area contributed by atoms with Gasteiger partial charge in [-0.2, -0.15) is 0 Å². The van der Waals surface area contributed by atoms with E-state index in [1.807, 2.05) is 25.2 Å². The normalized spacial score (nSPS) is 15.7. The van der Waals surface area contributed by atoms with Crippen LogP contribution in [0.5, 0.6) is 0 Å². The minimum Gasteiger partial charge on any atom is -0.371 e. The Morgan fingerprint density at radius 2 is 2.38 bits per heavy atom. The first-order chi connectivity index (χ1) is 6.33. The number of hydrogen-bond donors (Lipinski definition) is 0. The number of hydrogen-bond acceptors (Lipinski definition) is 1. The minimum absolute atomic E-state index is 1.06. The molecular weight excluding hydrogens is 158 g/mol. The van der Waals surface area contributed by atoms with Gasteiger partial charge in [-0.25, -0.2) is 0 Å². The Labute approximate surface area is 80.7 Å². The lowest BCUT2D eigenvalue weighted by molar-refractivity contribution is 0.408. The molecule has 1 heteroatoms. The highest BCUT2D eigenvalue weighted by atomic mass is 15.1. The molecule has 0 fully saturated rings. The predicted octanol–water partition coefficient (Wildman–Crippen LogP) is 2.88. The fourth-order valence-electron chi connectivity index (χ4n) is 1.59. The molecule has 0 atom stereocenters. The zero-order chi connectivity index (χ0) is 9.68. The third-order valence-electron chi connectivity index (χ3n) is 2.34. The summed E-state index contributed by atoms with van der Waals surface area (Å²) in [4.78, 5) is 2.35. The molecule has 0 aromatic heterocycles. The average Bonchev–Trinajstić information content (AvgIpc) is 2.56. The van der Waals surface area contributed by atoms with Gasteiger partial charge >= 0.3 is 0 Å². The summed E-state index contributed by atoms with van der Waals surface area (Å²) < 4.78 is 0. The molecule has 0 N–H and O–H groups in total. The Morgan fingerprint density at radius 1 is 1.62 bits per heavy atom. The summed E-state index contributed by atoms with van der Waals surface area (Å²) in [5.41, 5.74) is 5.75. The lowest BCUT2D eigenvalue weighted by Crippen LogP contribution is -2.17. The van der Waals surface area contributed by atoms with Gasteiger partial charge in [-0.15, -0.1) is 5.73 Å². The molecule has 13 heavy (non-hydrogen) atoms. The zero-order valence-electron chi connectivity index (χ0n) is 8.51. The lowest BCUT2D eigenvalue weighted by Gasteiger charge is -2.16. The fraction of sp³-hybridized carbons (Fsp3) is 0.417. The third kappa shape index (κ3) is 2.13. The van der Waals surface area contributed by atoms with Crippen molar-refractivity contribution in [2.75, 3.05) is 13.1 Å². The second-order valence-corrected chi connectivity index (χ2v) is 3.04. The van der Waals surface area contributed by atoms with E-state index in [9.17, 15) is 0 Å². The average molecular weight is 175 g/mol. The summed E-state index contributed by atoms with van der Waals surface area (Å²) in [6.45, 7) is 10.2. The third-order valence-corrected chi connectivity index (χ3v) is 2.34. The van der Waals surface area contributed by atoms with Gasteiger partial charge in [0.05, 0.1) is 0 Å². The van der Waals surface area contributed by atoms with Crippen molar-refractivity contribution in [3.8, 4) is 0 Å². The van der Waals surface area contributed by atoms with Gasteiger partial charge in [0.15, 0.2) is 0 Å². The van der Waals surface area contributed by atoms with Gasteiger partial charge in [0.1, 0.15) is 0 Å². The first-order valence-electron chi connectivity index (χ1n) is 4.81. The van der Waals surface area contributed by atoms with E-state index in [0.29, 0.717) is 0 Å². The maximum atomic E-state index is 3.83. The first kappa shape index (κ1) is 9.88. The van der Waals surface area contributed by atoms with Crippen molar-refractivity contribution in [2.45, 2.75) is 20.3 Å². The highest BCUT2D eigenvalue weighted by Crippen LogP contribution is 2.23.